The van der Waals surface area contributed by atoms with Crippen molar-refractivity contribution in [3.05, 3.63) is 48.6 Å². The van der Waals surface area contributed by atoms with Crippen LogP contribution in [0, 0.1) is 0 Å². The molecule has 0 aromatic carbocycles. The molecule has 0 amide bonds. The first-order valence-electron chi connectivity index (χ1n) is 24.6. The highest BCUT2D eigenvalue weighted by Gasteiger charge is 2.19. The first-order chi connectivity index (χ1) is 28.5. The standard InChI is InChI=1S/C52H92O6/c1-4-7-10-13-16-19-22-24-25-26-27-29-30-33-36-39-42-45-51(54)57-48-49(47-56-50(53)44-41-38-35-32-21-18-15-12-9-6-3)58-52(55)46-43-40-37-34-31-28-23-20-17-14-11-8-5-2/h15,18,24-25,27,29,33,36,49H,4-14,16-17,19-23,26,28,30-32,34-35,37-48H2,1-3H3/b18-15-,25-24-,29-27-,36-33-. The minimum atomic E-state index is -0.793. The third-order valence-electron chi connectivity index (χ3n) is 10.6. The van der Waals surface area contributed by atoms with Crippen LogP contribution in [0.25, 0.3) is 0 Å². The topological polar surface area (TPSA) is 78.9 Å². The number of ether oxygens (including phenoxy) is 3. The van der Waals surface area contributed by atoms with E-state index in [1.807, 2.05) is 0 Å². The molecule has 0 radical (unpaired) electrons. The maximum atomic E-state index is 12.7. The number of allylic oxidation sites excluding steroid dienone is 8. The average Bonchev–Trinajstić information content (AvgIpc) is 3.22. The summed E-state index contributed by atoms with van der Waals surface area (Å²) in [6, 6.07) is 0. The van der Waals surface area contributed by atoms with Gasteiger partial charge in [0.15, 0.2) is 6.10 Å². The van der Waals surface area contributed by atoms with E-state index in [9.17, 15) is 14.4 Å². The van der Waals surface area contributed by atoms with Gasteiger partial charge in [-0.05, 0) is 70.6 Å². The quantitative estimate of drug-likeness (QED) is 0.0264. The van der Waals surface area contributed by atoms with Gasteiger partial charge in [-0.25, -0.2) is 0 Å². The van der Waals surface area contributed by atoms with Crippen molar-refractivity contribution in [1.82, 2.24) is 0 Å². The van der Waals surface area contributed by atoms with Crippen LogP contribution in [-0.4, -0.2) is 37.2 Å². The number of rotatable bonds is 44. The molecule has 0 aliphatic carbocycles. The molecule has 58 heavy (non-hydrogen) atoms. The Morgan fingerprint density at radius 2 is 0.655 bits per heavy atom. The van der Waals surface area contributed by atoms with Gasteiger partial charge in [0.1, 0.15) is 13.2 Å². The van der Waals surface area contributed by atoms with Crippen LogP contribution in [0.2, 0.25) is 0 Å². The average molecular weight is 813 g/mol. The molecular formula is C52H92O6. The Labute approximate surface area is 358 Å². The van der Waals surface area contributed by atoms with Gasteiger partial charge in [-0.3, -0.25) is 14.4 Å². The van der Waals surface area contributed by atoms with Gasteiger partial charge in [0.2, 0.25) is 0 Å². The molecule has 0 saturated heterocycles. The Kier molecular flexibility index (Phi) is 44.9. The molecule has 1 unspecified atom stereocenters. The lowest BCUT2D eigenvalue weighted by Gasteiger charge is -2.18. The van der Waals surface area contributed by atoms with E-state index in [4.69, 9.17) is 14.2 Å². The lowest BCUT2D eigenvalue weighted by molar-refractivity contribution is -0.167. The Bertz CT molecular complexity index is 1030. The number of unbranched alkanes of at least 4 members (excludes halogenated alkanes) is 25. The molecular weight excluding hydrogens is 721 g/mol. The van der Waals surface area contributed by atoms with Crippen molar-refractivity contribution in [3.63, 3.8) is 0 Å². The number of carbonyl (C=O) groups excluding carboxylic acids is 3. The number of carbonyl (C=O) groups is 3. The van der Waals surface area contributed by atoms with Gasteiger partial charge in [0.05, 0.1) is 0 Å². The monoisotopic (exact) mass is 813 g/mol. The zero-order chi connectivity index (χ0) is 42.3. The lowest BCUT2D eigenvalue weighted by Crippen LogP contribution is -2.30. The van der Waals surface area contributed by atoms with Gasteiger partial charge in [-0.2, -0.15) is 0 Å². The van der Waals surface area contributed by atoms with Gasteiger partial charge in [-0.1, -0.05) is 204 Å². The van der Waals surface area contributed by atoms with Gasteiger partial charge < -0.3 is 14.2 Å². The lowest BCUT2D eigenvalue weighted by atomic mass is 10.0. The van der Waals surface area contributed by atoms with Crippen LogP contribution >= 0.6 is 0 Å². The highest BCUT2D eigenvalue weighted by Crippen LogP contribution is 2.14. The van der Waals surface area contributed by atoms with Crippen LogP contribution in [0.3, 0.4) is 0 Å². The van der Waals surface area contributed by atoms with E-state index < -0.39 is 6.10 Å². The molecule has 0 bridgehead atoms. The number of hydrogen-bond acceptors (Lipinski definition) is 6. The van der Waals surface area contributed by atoms with Gasteiger partial charge in [-0.15, -0.1) is 0 Å². The van der Waals surface area contributed by atoms with Crippen molar-refractivity contribution < 1.29 is 28.6 Å². The largest absolute Gasteiger partial charge is 0.462 e. The Morgan fingerprint density at radius 3 is 1.10 bits per heavy atom. The molecule has 0 aliphatic heterocycles. The summed E-state index contributed by atoms with van der Waals surface area (Å²) in [5.41, 5.74) is 0. The van der Waals surface area contributed by atoms with Crippen molar-refractivity contribution in [3.8, 4) is 0 Å². The van der Waals surface area contributed by atoms with Crippen molar-refractivity contribution in [2.45, 2.75) is 252 Å². The normalized spacial score (nSPS) is 12.4. The van der Waals surface area contributed by atoms with E-state index >= 15 is 0 Å². The molecule has 0 aromatic heterocycles. The zero-order valence-corrected chi connectivity index (χ0v) is 38.3. The molecule has 6 heteroatoms. The van der Waals surface area contributed by atoms with Crippen LogP contribution in [0.1, 0.15) is 245 Å². The molecule has 1 atom stereocenters. The van der Waals surface area contributed by atoms with E-state index in [1.165, 1.54) is 122 Å². The van der Waals surface area contributed by atoms with Crippen LogP contribution < -0.4 is 0 Å². The summed E-state index contributed by atoms with van der Waals surface area (Å²) in [6.07, 6.45) is 55.3. The first-order valence-corrected chi connectivity index (χ1v) is 24.6. The minimum Gasteiger partial charge on any atom is -0.462 e. The Balaban J connectivity index is 4.42. The van der Waals surface area contributed by atoms with E-state index in [0.29, 0.717) is 19.3 Å². The summed E-state index contributed by atoms with van der Waals surface area (Å²) < 4.78 is 16.7. The molecule has 336 valence electrons. The van der Waals surface area contributed by atoms with Crippen LogP contribution in [-0.2, 0) is 28.6 Å². The van der Waals surface area contributed by atoms with Crippen LogP contribution in [0.15, 0.2) is 48.6 Å². The fraction of sp³-hybridized carbons (Fsp3) is 0.788. The molecule has 6 nitrogen and oxygen atoms in total. The van der Waals surface area contributed by atoms with E-state index in [1.54, 1.807) is 0 Å². The third kappa shape index (κ3) is 44.5. The first kappa shape index (κ1) is 55.4. The molecule has 0 rings (SSSR count). The molecule has 0 saturated carbocycles. The summed E-state index contributed by atoms with van der Waals surface area (Å²) in [6.45, 7) is 6.53. The van der Waals surface area contributed by atoms with E-state index in [-0.39, 0.29) is 37.5 Å². The molecule has 0 aromatic rings. The maximum Gasteiger partial charge on any atom is 0.306 e. The van der Waals surface area contributed by atoms with Gasteiger partial charge in [0, 0.05) is 19.3 Å². The maximum absolute atomic E-state index is 12.7. The molecule has 0 fully saturated rings. The zero-order valence-electron chi connectivity index (χ0n) is 38.3. The van der Waals surface area contributed by atoms with E-state index in [0.717, 1.165) is 77.0 Å². The number of esters is 3. The SMILES string of the molecule is CCCC/C=C\CCCCCCC(=O)OCC(COC(=O)CCC/C=C\C/C=C\C/C=C\CCCCCCCC)OC(=O)CCCCCCCCCCCCCCC. The third-order valence-corrected chi connectivity index (χ3v) is 10.6. The minimum absolute atomic E-state index is 0.0931. The van der Waals surface area contributed by atoms with Crippen molar-refractivity contribution >= 4 is 17.9 Å². The Hall–Kier alpha value is -2.63. The van der Waals surface area contributed by atoms with Crippen molar-refractivity contribution in [2.75, 3.05) is 13.2 Å². The molecule has 0 heterocycles. The summed E-state index contributed by atoms with van der Waals surface area (Å²) in [5.74, 6) is -0.956. The molecule has 0 N–H and O–H groups in total. The van der Waals surface area contributed by atoms with Crippen molar-refractivity contribution in [2.24, 2.45) is 0 Å². The molecule has 0 spiro atoms. The predicted molar refractivity (Wildman–Crippen MR) is 247 cm³/mol. The molecule has 0 aliphatic rings. The highest BCUT2D eigenvalue weighted by molar-refractivity contribution is 5.71. The fourth-order valence-corrected chi connectivity index (χ4v) is 6.79. The fourth-order valence-electron chi connectivity index (χ4n) is 6.79. The summed E-state index contributed by atoms with van der Waals surface area (Å²) in [5, 5.41) is 0. The second kappa shape index (κ2) is 47.1. The van der Waals surface area contributed by atoms with Crippen molar-refractivity contribution in [1.29, 1.82) is 0 Å². The second-order valence-electron chi connectivity index (χ2n) is 16.4. The smallest absolute Gasteiger partial charge is 0.306 e. The van der Waals surface area contributed by atoms with Crippen LogP contribution in [0.5, 0.6) is 0 Å². The summed E-state index contributed by atoms with van der Waals surface area (Å²) in [4.78, 5) is 37.8. The Morgan fingerprint density at radius 1 is 0.345 bits per heavy atom. The second-order valence-corrected chi connectivity index (χ2v) is 16.4. The highest BCUT2D eigenvalue weighted by atomic mass is 16.6. The van der Waals surface area contributed by atoms with Gasteiger partial charge >= 0.3 is 17.9 Å². The van der Waals surface area contributed by atoms with Gasteiger partial charge in [0.25, 0.3) is 0 Å². The summed E-state index contributed by atoms with van der Waals surface area (Å²) in [7, 11) is 0. The van der Waals surface area contributed by atoms with E-state index in [2.05, 4.69) is 69.4 Å². The number of hydrogen-bond donors (Lipinski definition) is 0. The summed E-state index contributed by atoms with van der Waals surface area (Å²) >= 11 is 0. The van der Waals surface area contributed by atoms with Crippen LogP contribution in [0.4, 0.5) is 0 Å². The predicted octanol–water partition coefficient (Wildman–Crippen LogP) is 15.9.